The molecular weight excluding hydrogens is 416 g/mol. The molecule has 3 amide bonds. The number of fused-ring (bicyclic) bond motifs is 1. The summed E-state index contributed by atoms with van der Waals surface area (Å²) in [7, 11) is 0. The highest BCUT2D eigenvalue weighted by molar-refractivity contribution is 7.22. The Kier molecular flexibility index (Phi) is 5.55. The number of pyridine rings is 1. The molecule has 2 atom stereocenters. The zero-order valence-corrected chi connectivity index (χ0v) is 17.7. The van der Waals surface area contributed by atoms with Crippen molar-refractivity contribution in [3.63, 3.8) is 0 Å². The molecule has 3 heterocycles. The van der Waals surface area contributed by atoms with E-state index in [2.05, 4.69) is 22.2 Å². The van der Waals surface area contributed by atoms with Crippen molar-refractivity contribution >= 4 is 50.1 Å². The second-order valence-corrected chi connectivity index (χ2v) is 8.78. The molecule has 160 valence electrons. The number of thiazole rings is 1. The molecule has 9 nitrogen and oxygen atoms in total. The van der Waals surface area contributed by atoms with Crippen molar-refractivity contribution in [2.45, 2.75) is 25.8 Å². The monoisotopic (exact) mass is 438 g/mol. The highest BCUT2D eigenvalue weighted by Crippen LogP contribution is 2.35. The summed E-state index contributed by atoms with van der Waals surface area (Å²) in [6.07, 6.45) is 4.33. The number of hydrogen-bond acceptors (Lipinski definition) is 7. The Morgan fingerprint density at radius 2 is 2.00 bits per heavy atom. The first-order valence-electron chi connectivity index (χ1n) is 9.84. The molecule has 4 rings (SSSR count). The van der Waals surface area contributed by atoms with Crippen molar-refractivity contribution in [3.05, 3.63) is 47.8 Å². The molecular formula is C21H22N6O3S. The number of nitrogens with two attached hydrogens (primary N) is 2. The van der Waals surface area contributed by atoms with E-state index >= 15 is 0 Å². The number of likely N-dealkylation sites (tertiary alicyclic amines) is 1. The van der Waals surface area contributed by atoms with E-state index < -0.39 is 17.7 Å². The fraction of sp³-hybridized carbons (Fsp3) is 0.286. The summed E-state index contributed by atoms with van der Waals surface area (Å²) >= 11 is 1.41. The van der Waals surface area contributed by atoms with Crippen LogP contribution < -0.4 is 16.8 Å². The van der Waals surface area contributed by atoms with E-state index in [0.717, 1.165) is 28.6 Å². The third kappa shape index (κ3) is 4.33. The molecule has 2 aromatic heterocycles. The number of rotatable bonds is 3. The summed E-state index contributed by atoms with van der Waals surface area (Å²) in [4.78, 5) is 47.0. The molecule has 31 heavy (non-hydrogen) atoms. The number of nitrogen functional groups attached to an aromatic ring is 1. The lowest BCUT2D eigenvalue weighted by Crippen LogP contribution is -2.46. The Labute approximate surface area is 182 Å². The lowest BCUT2D eigenvalue weighted by atomic mass is 9.89. The molecule has 5 N–H and O–H groups in total. The molecule has 0 unspecified atom stereocenters. The number of nitrogens with zero attached hydrogens (tertiary/aromatic N) is 3. The first-order valence-corrected chi connectivity index (χ1v) is 10.7. The minimum Gasteiger partial charge on any atom is -0.375 e. The Morgan fingerprint density at radius 3 is 2.77 bits per heavy atom. The van der Waals surface area contributed by atoms with Gasteiger partial charge in [0.05, 0.1) is 33.7 Å². The van der Waals surface area contributed by atoms with Gasteiger partial charge in [0.25, 0.3) is 0 Å². The van der Waals surface area contributed by atoms with Gasteiger partial charge in [-0.1, -0.05) is 24.3 Å². The molecule has 10 heteroatoms. The second kappa shape index (κ2) is 8.31. The first kappa shape index (κ1) is 20.7. The number of carbonyl (C=O) groups excluding carboxylic acids is 3. The number of primary amides is 1. The molecule has 1 aliphatic heterocycles. The number of benzene rings is 1. The van der Waals surface area contributed by atoms with Crippen molar-refractivity contribution in [3.8, 4) is 0 Å². The van der Waals surface area contributed by atoms with Crippen LogP contribution in [-0.4, -0.2) is 39.1 Å². The van der Waals surface area contributed by atoms with Crippen molar-refractivity contribution < 1.29 is 14.4 Å². The average molecular weight is 439 g/mol. The Hall–Kier alpha value is -3.53. The van der Waals surface area contributed by atoms with Crippen molar-refractivity contribution in [2.24, 2.45) is 11.7 Å². The maximum atomic E-state index is 13.1. The number of piperidine rings is 1. The molecule has 0 saturated carbocycles. The summed E-state index contributed by atoms with van der Waals surface area (Å²) < 4.78 is 0.975. The number of amides is 3. The van der Waals surface area contributed by atoms with Crippen molar-refractivity contribution in [2.75, 3.05) is 17.6 Å². The summed E-state index contributed by atoms with van der Waals surface area (Å²) in [5, 5.41) is 3.02. The zero-order chi connectivity index (χ0) is 22.1. The van der Waals surface area contributed by atoms with Gasteiger partial charge in [-0.2, -0.15) is 0 Å². The molecule has 0 spiro atoms. The standard InChI is InChI=1S/C21H22N6O3S/c1-11-2-4-16(12-3-5-17-15(7-12)26-21(23)31-17)27(10-11)20(30)19(29)25-14-6-13(18(22)28)8-24-9-14/h3,5-9,11,16H,2,4,10H2,1H3,(H2,22,28)(H2,23,26)(H,25,29)/t11-,16+/m0/s1. The predicted molar refractivity (Wildman–Crippen MR) is 118 cm³/mol. The molecule has 1 aromatic carbocycles. The highest BCUT2D eigenvalue weighted by atomic mass is 32.1. The molecule has 1 saturated heterocycles. The summed E-state index contributed by atoms with van der Waals surface area (Å²) in [5.41, 5.74) is 13.1. The van der Waals surface area contributed by atoms with Gasteiger partial charge in [-0.05, 0) is 42.5 Å². The summed E-state index contributed by atoms with van der Waals surface area (Å²) in [5.74, 6) is -1.83. The van der Waals surface area contributed by atoms with Gasteiger partial charge in [0.15, 0.2) is 5.13 Å². The number of hydrogen-bond donors (Lipinski definition) is 3. The van der Waals surface area contributed by atoms with E-state index in [1.807, 2.05) is 18.2 Å². The van der Waals surface area contributed by atoms with Gasteiger partial charge in [0, 0.05) is 12.7 Å². The SMILES string of the molecule is C[C@H]1CC[C@H](c2ccc3sc(N)nc3c2)N(C(=O)C(=O)Nc2cncc(C(N)=O)c2)C1. The van der Waals surface area contributed by atoms with Crippen molar-refractivity contribution in [1.82, 2.24) is 14.9 Å². The lowest BCUT2D eigenvalue weighted by molar-refractivity contribution is -0.146. The van der Waals surface area contributed by atoms with Crippen LogP contribution in [0.1, 0.15) is 41.7 Å². The fourth-order valence-corrected chi connectivity index (χ4v) is 4.57. The van der Waals surface area contributed by atoms with Crippen LogP contribution in [0.15, 0.2) is 36.7 Å². The molecule has 0 aliphatic carbocycles. The van der Waals surface area contributed by atoms with E-state index in [1.54, 1.807) is 4.90 Å². The van der Waals surface area contributed by atoms with Gasteiger partial charge in [-0.3, -0.25) is 19.4 Å². The Morgan fingerprint density at radius 1 is 1.19 bits per heavy atom. The minimum atomic E-state index is -0.790. The predicted octanol–water partition coefficient (Wildman–Crippen LogP) is 2.31. The van der Waals surface area contributed by atoms with Crippen LogP contribution in [0.3, 0.4) is 0 Å². The Balaban J connectivity index is 1.57. The fourth-order valence-electron chi connectivity index (χ4n) is 3.85. The molecule has 1 aliphatic rings. The summed E-state index contributed by atoms with van der Waals surface area (Å²) in [6, 6.07) is 6.98. The van der Waals surface area contributed by atoms with E-state index in [4.69, 9.17) is 11.5 Å². The quantitative estimate of drug-likeness (QED) is 0.535. The van der Waals surface area contributed by atoms with E-state index in [9.17, 15) is 14.4 Å². The van der Waals surface area contributed by atoms with Gasteiger partial charge in [0.2, 0.25) is 5.91 Å². The maximum Gasteiger partial charge on any atom is 0.313 e. The van der Waals surface area contributed by atoms with Gasteiger partial charge < -0.3 is 21.7 Å². The van der Waals surface area contributed by atoms with Gasteiger partial charge in [-0.25, -0.2) is 4.98 Å². The first-order chi connectivity index (χ1) is 14.8. The minimum absolute atomic E-state index is 0.144. The van der Waals surface area contributed by atoms with Crippen molar-refractivity contribution in [1.29, 1.82) is 0 Å². The number of carbonyl (C=O) groups is 3. The van der Waals surface area contributed by atoms with Crippen LogP contribution in [0.5, 0.6) is 0 Å². The van der Waals surface area contributed by atoms with E-state index in [1.165, 1.54) is 29.8 Å². The van der Waals surface area contributed by atoms with Crippen LogP contribution in [0.4, 0.5) is 10.8 Å². The van der Waals surface area contributed by atoms with Gasteiger partial charge >= 0.3 is 11.8 Å². The number of anilines is 2. The van der Waals surface area contributed by atoms with Crippen LogP contribution in [0, 0.1) is 5.92 Å². The number of nitrogens with one attached hydrogen (secondary N) is 1. The second-order valence-electron chi connectivity index (χ2n) is 7.72. The van der Waals surface area contributed by atoms with E-state index in [0.29, 0.717) is 11.7 Å². The topological polar surface area (TPSA) is 144 Å². The maximum absolute atomic E-state index is 13.1. The van der Waals surface area contributed by atoms with Crippen LogP contribution in [0.2, 0.25) is 0 Å². The third-order valence-corrected chi connectivity index (χ3v) is 6.23. The van der Waals surface area contributed by atoms with Crippen LogP contribution >= 0.6 is 11.3 Å². The number of aromatic nitrogens is 2. The molecule has 0 radical (unpaired) electrons. The van der Waals surface area contributed by atoms with Crippen LogP contribution in [0.25, 0.3) is 10.2 Å². The van der Waals surface area contributed by atoms with Gasteiger partial charge in [-0.15, -0.1) is 0 Å². The molecule has 3 aromatic rings. The van der Waals surface area contributed by atoms with E-state index in [-0.39, 0.29) is 23.2 Å². The lowest BCUT2D eigenvalue weighted by Gasteiger charge is -2.38. The molecule has 0 bridgehead atoms. The normalized spacial score (nSPS) is 18.7. The third-order valence-electron chi connectivity index (χ3n) is 5.37. The zero-order valence-electron chi connectivity index (χ0n) is 16.9. The van der Waals surface area contributed by atoms with Crippen LogP contribution in [-0.2, 0) is 9.59 Å². The van der Waals surface area contributed by atoms with Gasteiger partial charge in [0.1, 0.15) is 0 Å². The Bertz CT molecular complexity index is 1180. The highest BCUT2D eigenvalue weighted by Gasteiger charge is 2.34. The smallest absolute Gasteiger partial charge is 0.313 e. The molecule has 1 fully saturated rings. The largest absolute Gasteiger partial charge is 0.375 e. The summed E-state index contributed by atoms with van der Waals surface area (Å²) in [6.45, 7) is 2.52. The average Bonchev–Trinajstić information content (AvgIpc) is 3.12.